The number of methoxy groups -OCH3 is 2. The Kier molecular flexibility index (Phi) is 5.22. The van der Waals surface area contributed by atoms with Gasteiger partial charge in [-0.15, -0.1) is 0 Å². The number of benzene rings is 2. The third-order valence-corrected chi connectivity index (χ3v) is 7.00. The molecule has 1 saturated carbocycles. The summed E-state index contributed by atoms with van der Waals surface area (Å²) in [5, 5.41) is 1.24. The topological polar surface area (TPSA) is 66.5 Å². The highest BCUT2D eigenvalue weighted by molar-refractivity contribution is 5.99. The quantitative estimate of drug-likeness (QED) is 0.606. The van der Waals surface area contributed by atoms with Gasteiger partial charge in [-0.3, -0.25) is 0 Å². The molecule has 2 N–H and O–H groups in total. The molecule has 5 nitrogen and oxygen atoms in total. The van der Waals surface area contributed by atoms with Crippen LogP contribution in [-0.4, -0.2) is 30.8 Å². The number of esters is 1. The van der Waals surface area contributed by atoms with E-state index in [0.29, 0.717) is 11.5 Å². The molecule has 0 saturated heterocycles. The minimum atomic E-state index is -0.306. The van der Waals surface area contributed by atoms with E-state index < -0.39 is 0 Å². The van der Waals surface area contributed by atoms with Crippen molar-refractivity contribution in [2.45, 2.75) is 57.0 Å². The average molecular weight is 419 g/mol. The van der Waals surface area contributed by atoms with Crippen LogP contribution in [0.15, 0.2) is 36.4 Å². The van der Waals surface area contributed by atoms with Crippen molar-refractivity contribution in [1.82, 2.24) is 4.57 Å². The van der Waals surface area contributed by atoms with Gasteiger partial charge in [0.05, 0.1) is 25.5 Å². The van der Waals surface area contributed by atoms with Crippen LogP contribution in [0.25, 0.3) is 22.2 Å². The van der Waals surface area contributed by atoms with Crippen molar-refractivity contribution in [3.63, 3.8) is 0 Å². The summed E-state index contributed by atoms with van der Waals surface area (Å²) >= 11 is 0. The lowest BCUT2D eigenvalue weighted by molar-refractivity contribution is 0.0601. The molecule has 2 heterocycles. The van der Waals surface area contributed by atoms with Gasteiger partial charge in [-0.1, -0.05) is 25.3 Å². The molecule has 0 amide bonds. The number of aromatic nitrogens is 1. The van der Waals surface area contributed by atoms with E-state index in [1.54, 1.807) is 7.11 Å². The van der Waals surface area contributed by atoms with E-state index in [1.807, 2.05) is 18.2 Å². The minimum absolute atomic E-state index is 0.0105. The van der Waals surface area contributed by atoms with E-state index in [0.717, 1.165) is 24.2 Å². The van der Waals surface area contributed by atoms with Gasteiger partial charge < -0.3 is 19.8 Å². The molecular formula is C26H30N2O3. The number of nitrogens with zero attached hydrogens (tertiary/aromatic N) is 1. The lowest BCUT2D eigenvalue weighted by atomic mass is 9.81. The second kappa shape index (κ2) is 8.04. The summed E-state index contributed by atoms with van der Waals surface area (Å²) in [5.41, 5.74) is 13.4. The second-order valence-electron chi connectivity index (χ2n) is 8.92. The maximum atomic E-state index is 12.3. The number of hydrogen-bond acceptors (Lipinski definition) is 4. The van der Waals surface area contributed by atoms with Crippen molar-refractivity contribution >= 4 is 16.9 Å². The Labute approximate surface area is 183 Å². The predicted octanol–water partition coefficient (Wildman–Crippen LogP) is 5.03. The summed E-state index contributed by atoms with van der Waals surface area (Å²) in [6, 6.07) is 12.3. The number of nitrogens with two attached hydrogens (primary N) is 1. The standard InChI is InChI=1S/C26H30N2O3/c1-30-20-9-11-21-18(13-20)12-19(27)15-28-23-14-17(26(29)31-2)8-10-22(23)24(25(21)28)16-6-4-3-5-7-16/h8-11,13-14,16,19H,3-7,12,15,27H2,1-2H3. The van der Waals surface area contributed by atoms with E-state index in [1.165, 1.54) is 67.0 Å². The number of ether oxygens (including phenoxy) is 2. The zero-order valence-corrected chi connectivity index (χ0v) is 18.3. The second-order valence-corrected chi connectivity index (χ2v) is 8.92. The van der Waals surface area contributed by atoms with E-state index >= 15 is 0 Å². The summed E-state index contributed by atoms with van der Waals surface area (Å²) in [7, 11) is 3.13. The molecule has 0 radical (unpaired) electrons. The Balaban J connectivity index is 1.82. The van der Waals surface area contributed by atoms with Crippen LogP contribution in [0, 0.1) is 0 Å². The molecule has 2 aliphatic rings. The lowest BCUT2D eigenvalue weighted by Gasteiger charge is -2.24. The molecule has 1 atom stereocenters. The molecule has 0 bridgehead atoms. The molecule has 162 valence electrons. The molecule has 1 aliphatic heterocycles. The Bertz CT molecular complexity index is 1140. The van der Waals surface area contributed by atoms with Crippen LogP contribution in [0.2, 0.25) is 0 Å². The van der Waals surface area contributed by atoms with Crippen molar-refractivity contribution in [2.75, 3.05) is 14.2 Å². The Hall–Kier alpha value is -2.79. The molecule has 1 unspecified atom stereocenters. The van der Waals surface area contributed by atoms with Gasteiger partial charge in [-0.2, -0.15) is 0 Å². The van der Waals surface area contributed by atoms with Crippen LogP contribution < -0.4 is 10.5 Å². The van der Waals surface area contributed by atoms with Crippen molar-refractivity contribution in [3.8, 4) is 17.0 Å². The first-order valence-corrected chi connectivity index (χ1v) is 11.3. The highest BCUT2D eigenvalue weighted by Gasteiger charge is 2.30. The highest BCUT2D eigenvalue weighted by Crippen LogP contribution is 2.46. The van der Waals surface area contributed by atoms with Gasteiger partial charge in [0.15, 0.2) is 0 Å². The molecule has 0 spiro atoms. The van der Waals surface area contributed by atoms with Gasteiger partial charge in [0.2, 0.25) is 0 Å². The first-order valence-electron chi connectivity index (χ1n) is 11.3. The summed E-state index contributed by atoms with van der Waals surface area (Å²) in [6.07, 6.45) is 7.08. The number of rotatable bonds is 3. The van der Waals surface area contributed by atoms with Crippen LogP contribution in [0.4, 0.5) is 0 Å². The Morgan fingerprint density at radius 2 is 1.87 bits per heavy atom. The number of carbonyl (C=O) groups excluding carboxylic acids is 1. The van der Waals surface area contributed by atoms with Gasteiger partial charge in [0.25, 0.3) is 0 Å². The van der Waals surface area contributed by atoms with Crippen molar-refractivity contribution in [3.05, 3.63) is 53.1 Å². The van der Waals surface area contributed by atoms with Crippen molar-refractivity contribution in [2.24, 2.45) is 5.73 Å². The van der Waals surface area contributed by atoms with E-state index in [-0.39, 0.29) is 12.0 Å². The molecule has 1 aromatic heterocycles. The third kappa shape index (κ3) is 3.41. The summed E-state index contributed by atoms with van der Waals surface area (Å²) < 4.78 is 12.9. The Morgan fingerprint density at radius 3 is 2.61 bits per heavy atom. The monoisotopic (exact) mass is 418 g/mol. The summed E-state index contributed by atoms with van der Waals surface area (Å²) in [6.45, 7) is 0.722. The first kappa shape index (κ1) is 20.1. The molecule has 1 aliphatic carbocycles. The van der Waals surface area contributed by atoms with Crippen molar-refractivity contribution < 1.29 is 14.3 Å². The van der Waals surface area contributed by atoms with Crippen LogP contribution in [-0.2, 0) is 17.7 Å². The van der Waals surface area contributed by atoms with Gasteiger partial charge in [-0.05, 0) is 66.6 Å². The molecule has 31 heavy (non-hydrogen) atoms. The largest absolute Gasteiger partial charge is 0.497 e. The van der Waals surface area contributed by atoms with Crippen LogP contribution in [0.3, 0.4) is 0 Å². The number of hydrogen-bond donors (Lipinski definition) is 1. The summed E-state index contributed by atoms with van der Waals surface area (Å²) in [5.74, 6) is 1.09. The van der Waals surface area contributed by atoms with E-state index in [9.17, 15) is 4.79 Å². The molecule has 5 heteroatoms. The first-order chi connectivity index (χ1) is 15.1. The van der Waals surface area contributed by atoms with Crippen molar-refractivity contribution in [1.29, 1.82) is 0 Å². The van der Waals surface area contributed by atoms with Crippen LogP contribution in [0.1, 0.15) is 59.5 Å². The maximum absolute atomic E-state index is 12.3. The fourth-order valence-corrected chi connectivity index (χ4v) is 5.58. The predicted molar refractivity (Wildman–Crippen MR) is 123 cm³/mol. The Morgan fingerprint density at radius 1 is 1.06 bits per heavy atom. The van der Waals surface area contributed by atoms with Crippen LogP contribution in [0.5, 0.6) is 5.75 Å². The van der Waals surface area contributed by atoms with Gasteiger partial charge in [-0.25, -0.2) is 4.79 Å². The molecule has 2 aromatic carbocycles. The third-order valence-electron chi connectivity index (χ3n) is 7.00. The fraction of sp³-hybridized carbons (Fsp3) is 0.423. The smallest absolute Gasteiger partial charge is 0.337 e. The molecular weight excluding hydrogens is 388 g/mol. The van der Waals surface area contributed by atoms with E-state index in [4.69, 9.17) is 15.2 Å². The number of fused-ring (bicyclic) bond motifs is 5. The minimum Gasteiger partial charge on any atom is -0.497 e. The normalized spacial score (nSPS) is 18.9. The van der Waals surface area contributed by atoms with Gasteiger partial charge in [0.1, 0.15) is 5.75 Å². The zero-order chi connectivity index (χ0) is 21.5. The lowest BCUT2D eigenvalue weighted by Crippen LogP contribution is -2.27. The zero-order valence-electron chi connectivity index (χ0n) is 18.3. The molecule has 3 aromatic rings. The van der Waals surface area contributed by atoms with E-state index in [2.05, 4.69) is 22.8 Å². The van der Waals surface area contributed by atoms with Gasteiger partial charge in [0, 0.05) is 29.1 Å². The molecule has 5 rings (SSSR count). The van der Waals surface area contributed by atoms with Gasteiger partial charge >= 0.3 is 5.97 Å². The number of carbonyl (C=O) groups is 1. The molecule has 1 fully saturated rings. The SMILES string of the molecule is COC(=O)c1ccc2c(C3CCCCC3)c3n(c2c1)CC(N)Cc1cc(OC)ccc1-3. The maximum Gasteiger partial charge on any atom is 0.337 e. The average Bonchev–Trinajstić information content (AvgIpc) is 3.03. The highest BCUT2D eigenvalue weighted by atomic mass is 16.5. The van der Waals surface area contributed by atoms with Crippen LogP contribution >= 0.6 is 0 Å². The summed E-state index contributed by atoms with van der Waals surface area (Å²) in [4.78, 5) is 12.3. The fourth-order valence-electron chi connectivity index (χ4n) is 5.58.